The monoisotopic (exact) mass is 283 g/mol. The lowest BCUT2D eigenvalue weighted by Crippen LogP contribution is -2.45. The third-order valence-electron chi connectivity index (χ3n) is 2.50. The zero-order chi connectivity index (χ0) is 14.5. The van der Waals surface area contributed by atoms with Gasteiger partial charge < -0.3 is 16.4 Å². The van der Waals surface area contributed by atoms with Crippen molar-refractivity contribution in [2.75, 3.05) is 23.4 Å². The van der Waals surface area contributed by atoms with E-state index in [1.165, 1.54) is 11.8 Å². The van der Waals surface area contributed by atoms with Crippen molar-refractivity contribution in [3.63, 3.8) is 0 Å². The average molecular weight is 283 g/mol. The SMILES string of the molecule is CCCNc1cc(NC(C)(C)C(N)=O)nc(SC)n1. The lowest BCUT2D eigenvalue weighted by molar-refractivity contribution is -0.121. The zero-order valence-electron chi connectivity index (χ0n) is 11.8. The van der Waals surface area contributed by atoms with Gasteiger partial charge in [0.05, 0.1) is 0 Å². The van der Waals surface area contributed by atoms with E-state index < -0.39 is 11.4 Å². The zero-order valence-corrected chi connectivity index (χ0v) is 12.6. The van der Waals surface area contributed by atoms with Crippen LogP contribution >= 0.6 is 11.8 Å². The summed E-state index contributed by atoms with van der Waals surface area (Å²) in [6, 6.07) is 1.78. The van der Waals surface area contributed by atoms with Gasteiger partial charge in [0.2, 0.25) is 5.91 Å². The van der Waals surface area contributed by atoms with Crippen molar-refractivity contribution >= 4 is 29.3 Å². The van der Waals surface area contributed by atoms with E-state index in [9.17, 15) is 4.79 Å². The normalized spacial score (nSPS) is 11.2. The Kier molecular flexibility index (Phi) is 5.41. The molecule has 6 nitrogen and oxygen atoms in total. The summed E-state index contributed by atoms with van der Waals surface area (Å²) in [7, 11) is 0. The maximum atomic E-state index is 11.3. The van der Waals surface area contributed by atoms with Crippen LogP contribution < -0.4 is 16.4 Å². The molecule has 1 amide bonds. The Bertz CT molecular complexity index is 450. The summed E-state index contributed by atoms with van der Waals surface area (Å²) < 4.78 is 0. The minimum Gasteiger partial charge on any atom is -0.370 e. The number of amides is 1. The topological polar surface area (TPSA) is 92.9 Å². The van der Waals surface area contributed by atoms with Crippen LogP contribution in [0.5, 0.6) is 0 Å². The van der Waals surface area contributed by atoms with Crippen molar-refractivity contribution in [3.05, 3.63) is 6.07 Å². The first kappa shape index (κ1) is 15.6. The summed E-state index contributed by atoms with van der Waals surface area (Å²) in [5.74, 6) is 0.894. The molecule has 0 aromatic carbocycles. The van der Waals surface area contributed by atoms with Gasteiger partial charge in [0.1, 0.15) is 17.2 Å². The summed E-state index contributed by atoms with van der Waals surface area (Å²) in [4.78, 5) is 20.0. The molecule has 0 fully saturated rings. The summed E-state index contributed by atoms with van der Waals surface area (Å²) >= 11 is 1.45. The Hall–Kier alpha value is -1.50. The van der Waals surface area contributed by atoms with E-state index in [1.807, 2.05) is 6.26 Å². The number of thioether (sulfide) groups is 1. The minimum absolute atomic E-state index is 0.431. The summed E-state index contributed by atoms with van der Waals surface area (Å²) in [6.07, 6.45) is 2.91. The van der Waals surface area contributed by atoms with E-state index in [4.69, 9.17) is 5.73 Å². The third-order valence-corrected chi connectivity index (χ3v) is 3.05. The van der Waals surface area contributed by atoms with Crippen molar-refractivity contribution in [1.82, 2.24) is 9.97 Å². The minimum atomic E-state index is -0.855. The van der Waals surface area contributed by atoms with Crippen LogP contribution in [-0.4, -0.2) is 34.2 Å². The van der Waals surface area contributed by atoms with E-state index in [-0.39, 0.29) is 0 Å². The van der Waals surface area contributed by atoms with Crippen molar-refractivity contribution in [1.29, 1.82) is 0 Å². The molecular weight excluding hydrogens is 262 g/mol. The first-order valence-corrected chi connectivity index (χ1v) is 7.36. The van der Waals surface area contributed by atoms with E-state index in [0.29, 0.717) is 11.0 Å². The number of nitrogens with zero attached hydrogens (tertiary/aromatic N) is 2. The molecule has 1 rings (SSSR count). The first-order valence-electron chi connectivity index (χ1n) is 6.14. The molecule has 0 spiro atoms. The molecule has 4 N–H and O–H groups in total. The molecule has 0 bridgehead atoms. The standard InChI is InChI=1S/C12H21N5OS/c1-5-6-14-8-7-9(16-11(15-8)19-4)17-12(2,3)10(13)18/h7H,5-6H2,1-4H3,(H2,13,18)(H2,14,15,16,17). The average Bonchev–Trinajstić information content (AvgIpc) is 2.35. The summed E-state index contributed by atoms with van der Waals surface area (Å²) in [5, 5.41) is 6.88. The highest BCUT2D eigenvalue weighted by molar-refractivity contribution is 7.98. The van der Waals surface area contributed by atoms with Gasteiger partial charge in [-0.15, -0.1) is 0 Å². The first-order chi connectivity index (χ1) is 8.89. The molecule has 0 unspecified atom stereocenters. The van der Waals surface area contributed by atoms with Gasteiger partial charge in [-0.05, 0) is 26.5 Å². The lowest BCUT2D eigenvalue weighted by Gasteiger charge is -2.23. The Balaban J connectivity index is 2.96. The number of hydrogen-bond acceptors (Lipinski definition) is 6. The van der Waals surface area contributed by atoms with Gasteiger partial charge in [-0.3, -0.25) is 4.79 Å². The van der Waals surface area contributed by atoms with Crippen LogP contribution in [0, 0.1) is 0 Å². The van der Waals surface area contributed by atoms with E-state index in [0.717, 1.165) is 18.8 Å². The molecule has 1 aromatic rings. The Labute approximate surface area is 118 Å². The molecule has 19 heavy (non-hydrogen) atoms. The number of carbonyl (C=O) groups excluding carboxylic acids is 1. The van der Waals surface area contributed by atoms with Crippen LogP contribution in [0.2, 0.25) is 0 Å². The number of nitrogens with two attached hydrogens (primary N) is 1. The number of nitrogens with one attached hydrogen (secondary N) is 2. The maximum absolute atomic E-state index is 11.3. The molecule has 106 valence electrons. The molecule has 1 heterocycles. The number of primary amides is 1. The Morgan fingerprint density at radius 3 is 2.58 bits per heavy atom. The highest BCUT2D eigenvalue weighted by Crippen LogP contribution is 2.20. The molecule has 0 saturated heterocycles. The van der Waals surface area contributed by atoms with Crippen molar-refractivity contribution < 1.29 is 4.79 Å². The van der Waals surface area contributed by atoms with Gasteiger partial charge in [0.15, 0.2) is 5.16 Å². The van der Waals surface area contributed by atoms with Gasteiger partial charge in [-0.1, -0.05) is 18.7 Å². The molecule has 0 saturated carbocycles. The van der Waals surface area contributed by atoms with Crippen LogP contribution in [0.4, 0.5) is 11.6 Å². The highest BCUT2D eigenvalue weighted by atomic mass is 32.2. The van der Waals surface area contributed by atoms with Gasteiger partial charge >= 0.3 is 0 Å². The predicted octanol–water partition coefficient (Wildman–Crippen LogP) is 1.70. The Morgan fingerprint density at radius 1 is 1.42 bits per heavy atom. The van der Waals surface area contributed by atoms with Crippen molar-refractivity contribution in [2.24, 2.45) is 5.73 Å². The number of carbonyl (C=O) groups is 1. The molecule has 7 heteroatoms. The van der Waals surface area contributed by atoms with Crippen LogP contribution in [-0.2, 0) is 4.79 Å². The third kappa shape index (κ3) is 4.59. The highest BCUT2D eigenvalue weighted by Gasteiger charge is 2.25. The smallest absolute Gasteiger partial charge is 0.242 e. The van der Waals surface area contributed by atoms with E-state index >= 15 is 0 Å². The van der Waals surface area contributed by atoms with E-state index in [1.54, 1.807) is 19.9 Å². The van der Waals surface area contributed by atoms with Crippen LogP contribution in [0.15, 0.2) is 11.2 Å². The van der Waals surface area contributed by atoms with Gasteiger partial charge in [-0.25, -0.2) is 9.97 Å². The molecule has 0 atom stereocenters. The number of hydrogen-bond donors (Lipinski definition) is 3. The van der Waals surface area contributed by atoms with Crippen molar-refractivity contribution in [3.8, 4) is 0 Å². The number of aromatic nitrogens is 2. The quantitative estimate of drug-likeness (QED) is 0.521. The van der Waals surface area contributed by atoms with Crippen LogP contribution in [0.25, 0.3) is 0 Å². The molecule has 0 aliphatic heterocycles. The fourth-order valence-electron chi connectivity index (χ4n) is 1.31. The summed E-state index contributed by atoms with van der Waals surface area (Å²) in [6.45, 7) is 6.35. The second-order valence-corrected chi connectivity index (χ2v) is 5.44. The summed E-state index contributed by atoms with van der Waals surface area (Å²) in [5.41, 5.74) is 4.49. The van der Waals surface area contributed by atoms with Gasteiger partial charge in [-0.2, -0.15) is 0 Å². The fourth-order valence-corrected chi connectivity index (χ4v) is 1.69. The second kappa shape index (κ2) is 6.60. The second-order valence-electron chi connectivity index (χ2n) is 4.67. The van der Waals surface area contributed by atoms with Crippen LogP contribution in [0.1, 0.15) is 27.2 Å². The number of anilines is 2. The van der Waals surface area contributed by atoms with Gasteiger partial charge in [0.25, 0.3) is 0 Å². The fraction of sp³-hybridized carbons (Fsp3) is 0.583. The van der Waals surface area contributed by atoms with Gasteiger partial charge in [0, 0.05) is 12.6 Å². The molecule has 1 aromatic heterocycles. The van der Waals surface area contributed by atoms with Crippen LogP contribution in [0.3, 0.4) is 0 Å². The predicted molar refractivity (Wildman–Crippen MR) is 79.5 cm³/mol. The molecule has 0 radical (unpaired) electrons. The Morgan fingerprint density at radius 2 is 2.05 bits per heavy atom. The number of rotatable bonds is 7. The maximum Gasteiger partial charge on any atom is 0.242 e. The van der Waals surface area contributed by atoms with E-state index in [2.05, 4.69) is 27.5 Å². The molecule has 0 aliphatic carbocycles. The molecular formula is C12H21N5OS. The lowest BCUT2D eigenvalue weighted by atomic mass is 10.1. The van der Waals surface area contributed by atoms with Crippen molar-refractivity contribution in [2.45, 2.75) is 37.9 Å². The largest absolute Gasteiger partial charge is 0.370 e. The molecule has 0 aliphatic rings.